The average Bonchev–Trinajstić information content (AvgIpc) is 2.65. The Balaban J connectivity index is 2.03. The van der Waals surface area contributed by atoms with E-state index in [0.717, 1.165) is 7.11 Å². The molecule has 0 saturated carbocycles. The Morgan fingerprint density at radius 3 is 2.54 bits per heavy atom. The molecule has 1 saturated heterocycles. The van der Waals surface area contributed by atoms with Crippen LogP contribution in [-0.2, 0) is 14.4 Å². The van der Waals surface area contributed by atoms with Crippen LogP contribution in [0.15, 0.2) is 35.7 Å². The highest BCUT2D eigenvalue weighted by atomic mass is 19.1. The molecule has 9 heteroatoms. The van der Waals surface area contributed by atoms with Crippen LogP contribution in [0.2, 0.25) is 0 Å². The maximum Gasteiger partial charge on any atom is 0.329 e. The van der Waals surface area contributed by atoms with Crippen LogP contribution in [0.5, 0.6) is 0 Å². The Morgan fingerprint density at radius 2 is 1.88 bits per heavy atom. The minimum Gasteiger partial charge on any atom is -0.381 e. The third-order valence-corrected chi connectivity index (χ3v) is 3.41. The number of hydrogen-bond acceptors (Lipinski definition) is 5. The van der Waals surface area contributed by atoms with Crippen molar-refractivity contribution in [3.05, 3.63) is 46.1 Å². The number of hydrogen-bond donors (Lipinski definition) is 2. The van der Waals surface area contributed by atoms with Crippen molar-refractivity contribution in [2.45, 2.75) is 12.8 Å². The van der Waals surface area contributed by atoms with Crippen molar-refractivity contribution in [3.8, 4) is 0 Å². The number of ether oxygens (including phenoxy) is 1. The minimum absolute atomic E-state index is 0.0335. The van der Waals surface area contributed by atoms with Crippen molar-refractivity contribution in [2.75, 3.05) is 20.3 Å². The summed E-state index contributed by atoms with van der Waals surface area (Å²) in [5, 5.41) is 0. The normalized spacial score (nSPS) is 13.8. The molecule has 2 rings (SSSR count). The van der Waals surface area contributed by atoms with Gasteiger partial charge in [-0.05, 0) is 24.5 Å². The number of carbonyl (C=O) groups is 2. The Labute approximate surface area is 137 Å². The molecule has 1 heterocycles. The average molecular weight is 338 g/mol. The Morgan fingerprint density at radius 1 is 1.21 bits per heavy atom. The zero-order valence-corrected chi connectivity index (χ0v) is 13.0. The minimum atomic E-state index is -1.05. The van der Waals surface area contributed by atoms with Crippen molar-refractivity contribution < 1.29 is 28.5 Å². The summed E-state index contributed by atoms with van der Waals surface area (Å²) >= 11 is 0. The van der Waals surface area contributed by atoms with E-state index in [0.29, 0.717) is 31.6 Å². The highest BCUT2D eigenvalue weighted by molar-refractivity contribution is 6.00. The van der Waals surface area contributed by atoms with Gasteiger partial charge in [-0.3, -0.25) is 20.4 Å². The number of para-hydroxylation sites is 1. The second kappa shape index (κ2) is 8.16. The summed E-state index contributed by atoms with van der Waals surface area (Å²) in [4.78, 5) is 40.0. The van der Waals surface area contributed by atoms with E-state index >= 15 is 0 Å². The molecule has 1 fully saturated rings. The van der Waals surface area contributed by atoms with Crippen LogP contribution < -0.4 is 10.9 Å². The molecule has 0 radical (unpaired) electrons. The van der Waals surface area contributed by atoms with Crippen molar-refractivity contribution in [3.63, 3.8) is 0 Å². The number of rotatable bonds is 4. The molecule has 24 heavy (non-hydrogen) atoms. The number of nitrogens with zero attached hydrogens (tertiary/aromatic N) is 1. The van der Waals surface area contributed by atoms with E-state index in [4.69, 9.17) is 4.74 Å². The van der Waals surface area contributed by atoms with Crippen molar-refractivity contribution >= 4 is 17.5 Å². The first-order chi connectivity index (χ1) is 11.5. The van der Waals surface area contributed by atoms with Crippen molar-refractivity contribution in [2.24, 2.45) is 0 Å². The second-order valence-corrected chi connectivity index (χ2v) is 4.89. The van der Waals surface area contributed by atoms with Gasteiger partial charge in [-0.1, -0.05) is 12.1 Å². The number of hydrazine groups is 1. The van der Waals surface area contributed by atoms with E-state index in [9.17, 15) is 18.9 Å². The molecule has 2 amide bonds. The van der Waals surface area contributed by atoms with E-state index in [1.165, 1.54) is 18.2 Å². The Hall–Kier alpha value is -2.81. The fraction of sp³-hybridized carbons (Fsp3) is 0.333. The summed E-state index contributed by atoms with van der Waals surface area (Å²) in [7, 11) is 1.15. The summed E-state index contributed by atoms with van der Waals surface area (Å²) in [5.74, 6) is -2.76. The molecule has 0 spiro atoms. The van der Waals surface area contributed by atoms with E-state index < -0.39 is 17.6 Å². The first-order valence-electron chi connectivity index (χ1n) is 7.21. The summed E-state index contributed by atoms with van der Waals surface area (Å²) in [6.07, 6.45) is 0.657. The number of amides is 2. The summed E-state index contributed by atoms with van der Waals surface area (Å²) in [6.45, 7) is 0.707. The van der Waals surface area contributed by atoms with Crippen molar-refractivity contribution in [1.29, 1.82) is 0 Å². The van der Waals surface area contributed by atoms with Crippen LogP contribution >= 0.6 is 0 Å². The van der Waals surface area contributed by atoms with E-state index in [-0.39, 0.29) is 16.2 Å². The van der Waals surface area contributed by atoms with Gasteiger partial charge in [0.1, 0.15) is 5.56 Å². The predicted molar refractivity (Wildman–Crippen MR) is 80.5 cm³/mol. The van der Waals surface area contributed by atoms with Crippen molar-refractivity contribution in [1.82, 2.24) is 10.9 Å². The lowest BCUT2D eigenvalue weighted by Crippen LogP contribution is -2.42. The van der Waals surface area contributed by atoms with Gasteiger partial charge >= 0.3 is 5.69 Å². The van der Waals surface area contributed by atoms with Crippen LogP contribution in [0.4, 0.5) is 10.1 Å². The third-order valence-electron chi connectivity index (χ3n) is 3.41. The third kappa shape index (κ3) is 4.13. The number of carbonyl (C=O) groups excluding carboxylic acids is 2. The topological polar surface area (TPSA) is 96.7 Å². The number of halogens is 1. The molecule has 0 unspecified atom stereocenters. The lowest BCUT2D eigenvalue weighted by atomic mass is 10.1. The summed E-state index contributed by atoms with van der Waals surface area (Å²) in [5.41, 5.74) is 4.33. The summed E-state index contributed by atoms with van der Waals surface area (Å²) < 4.78 is 19.1. The lowest BCUT2D eigenvalue weighted by Gasteiger charge is -2.15. The first kappa shape index (κ1) is 17.5. The van der Waals surface area contributed by atoms with E-state index in [2.05, 4.69) is 10.3 Å². The molecule has 1 aliphatic heterocycles. The van der Waals surface area contributed by atoms with Crippen LogP contribution in [-0.4, -0.2) is 37.1 Å². The number of nitrogens with one attached hydrogen (secondary N) is 2. The largest absolute Gasteiger partial charge is 0.381 e. The maximum absolute atomic E-state index is 14.0. The SMILES string of the molecule is CO[N+](=O)c1ccccc1C(=O)NNC(=O)C(F)=C1CCOCC1. The molecule has 1 aromatic rings. The van der Waals surface area contributed by atoms with Gasteiger partial charge in [-0.25, -0.2) is 9.23 Å². The van der Waals surface area contributed by atoms with Crippen LogP contribution in [0.1, 0.15) is 23.2 Å². The van der Waals surface area contributed by atoms with Gasteiger partial charge in [0.2, 0.25) is 0 Å². The Kier molecular flexibility index (Phi) is 5.96. The van der Waals surface area contributed by atoms with Crippen LogP contribution in [0, 0.1) is 4.91 Å². The van der Waals surface area contributed by atoms with Gasteiger partial charge in [0.05, 0.1) is 18.1 Å². The van der Waals surface area contributed by atoms with Crippen LogP contribution in [0.25, 0.3) is 0 Å². The van der Waals surface area contributed by atoms with E-state index in [1.807, 2.05) is 5.43 Å². The quantitative estimate of drug-likeness (QED) is 0.640. The predicted octanol–water partition coefficient (Wildman–Crippen LogP) is 1.45. The molecule has 1 aromatic carbocycles. The molecule has 0 aliphatic carbocycles. The molecule has 0 aromatic heterocycles. The highest BCUT2D eigenvalue weighted by Gasteiger charge is 2.25. The molecular formula is C15H17FN3O5+. The lowest BCUT2D eigenvalue weighted by molar-refractivity contribution is -0.736. The molecule has 1 aliphatic rings. The molecule has 2 N–H and O–H groups in total. The standard InChI is InChI=1S/C15H16FN3O5/c1-23-19(22)12-5-3-2-4-11(12)14(20)17-18-15(21)13(16)10-6-8-24-9-7-10/h2-5H,6-9H2,1H3,(H-,17,18,20,21,22)/p+1. The van der Waals surface area contributed by atoms with Gasteiger partial charge < -0.3 is 4.74 Å². The van der Waals surface area contributed by atoms with Gasteiger partial charge in [-0.15, -0.1) is 0 Å². The molecule has 0 atom stereocenters. The molecule has 8 nitrogen and oxygen atoms in total. The van der Waals surface area contributed by atoms with E-state index in [1.54, 1.807) is 6.07 Å². The zero-order valence-electron chi connectivity index (χ0n) is 13.0. The second-order valence-electron chi connectivity index (χ2n) is 4.89. The van der Waals surface area contributed by atoms with Gasteiger partial charge in [-0.2, -0.15) is 0 Å². The van der Waals surface area contributed by atoms with Gasteiger partial charge in [0.25, 0.3) is 16.7 Å². The van der Waals surface area contributed by atoms with Crippen LogP contribution in [0.3, 0.4) is 0 Å². The number of benzene rings is 1. The molecule has 0 bridgehead atoms. The zero-order chi connectivity index (χ0) is 17.5. The fourth-order valence-electron chi connectivity index (χ4n) is 2.16. The highest BCUT2D eigenvalue weighted by Crippen LogP contribution is 2.19. The fourth-order valence-corrected chi connectivity index (χ4v) is 2.16. The van der Waals surface area contributed by atoms with Gasteiger partial charge in [0.15, 0.2) is 12.9 Å². The monoisotopic (exact) mass is 338 g/mol. The maximum atomic E-state index is 14.0. The smallest absolute Gasteiger partial charge is 0.329 e. The molecular weight excluding hydrogens is 321 g/mol. The molecule has 128 valence electrons. The first-order valence-corrected chi connectivity index (χ1v) is 7.21. The Bertz CT molecular complexity index is 681. The summed E-state index contributed by atoms with van der Waals surface area (Å²) in [6, 6.07) is 5.82. The van der Waals surface area contributed by atoms with Gasteiger partial charge in [0, 0.05) is 6.07 Å².